The molecule has 2 N–H and O–H groups in total. The zero-order chi connectivity index (χ0) is 10.8. The summed E-state index contributed by atoms with van der Waals surface area (Å²) in [5, 5.41) is 12.1. The minimum atomic E-state index is -0.640. The summed E-state index contributed by atoms with van der Waals surface area (Å²) >= 11 is 0. The van der Waals surface area contributed by atoms with Crippen LogP contribution in [0, 0.1) is 11.6 Å². The molecule has 1 saturated carbocycles. The third-order valence-corrected chi connectivity index (χ3v) is 2.54. The van der Waals surface area contributed by atoms with E-state index in [0.717, 1.165) is 12.8 Å². The Hall–Kier alpha value is -1.00. The van der Waals surface area contributed by atoms with Crippen molar-refractivity contribution in [3.8, 4) is 0 Å². The molecule has 2 nitrogen and oxygen atoms in total. The van der Waals surface area contributed by atoms with Crippen LogP contribution in [0.15, 0.2) is 18.2 Å². The first-order valence-electron chi connectivity index (χ1n) is 5.03. The van der Waals surface area contributed by atoms with E-state index in [9.17, 15) is 8.78 Å². The molecule has 82 valence electrons. The first-order chi connectivity index (χ1) is 7.22. The predicted octanol–water partition coefficient (Wildman–Crippen LogP) is 1.75. The van der Waals surface area contributed by atoms with Gasteiger partial charge in [0.15, 0.2) is 0 Å². The average molecular weight is 213 g/mol. The molecule has 1 aliphatic carbocycles. The topological polar surface area (TPSA) is 32.3 Å². The van der Waals surface area contributed by atoms with E-state index in [2.05, 4.69) is 5.32 Å². The smallest absolute Gasteiger partial charge is 0.131 e. The second kappa shape index (κ2) is 4.24. The van der Waals surface area contributed by atoms with Gasteiger partial charge < -0.3 is 10.4 Å². The van der Waals surface area contributed by atoms with Gasteiger partial charge in [-0.25, -0.2) is 8.78 Å². The summed E-state index contributed by atoms with van der Waals surface area (Å²) in [6.45, 7) is -0.297. The maximum atomic E-state index is 13.4. The summed E-state index contributed by atoms with van der Waals surface area (Å²) in [4.78, 5) is 0. The lowest BCUT2D eigenvalue weighted by Crippen LogP contribution is -2.28. The summed E-state index contributed by atoms with van der Waals surface area (Å²) in [5.74, 6) is -1.22. The number of halogens is 2. The van der Waals surface area contributed by atoms with Crippen LogP contribution in [-0.4, -0.2) is 17.8 Å². The predicted molar refractivity (Wildman–Crippen MR) is 52.3 cm³/mol. The Morgan fingerprint density at radius 3 is 2.40 bits per heavy atom. The van der Waals surface area contributed by atoms with E-state index in [1.165, 1.54) is 18.2 Å². The Bertz CT molecular complexity index is 332. The molecule has 1 aromatic carbocycles. The number of benzene rings is 1. The molecule has 0 bridgehead atoms. The van der Waals surface area contributed by atoms with Gasteiger partial charge in [-0.15, -0.1) is 0 Å². The molecule has 0 spiro atoms. The molecule has 1 atom stereocenters. The highest BCUT2D eigenvalue weighted by Gasteiger charge is 2.27. The number of aliphatic hydroxyl groups is 1. The lowest BCUT2D eigenvalue weighted by Gasteiger charge is -2.17. The van der Waals surface area contributed by atoms with Gasteiger partial charge in [-0.1, -0.05) is 6.07 Å². The van der Waals surface area contributed by atoms with Crippen LogP contribution >= 0.6 is 0 Å². The molecular formula is C11H13F2NO. The van der Waals surface area contributed by atoms with Crippen LogP contribution in [0.3, 0.4) is 0 Å². The van der Waals surface area contributed by atoms with Crippen molar-refractivity contribution in [2.45, 2.75) is 24.9 Å². The van der Waals surface area contributed by atoms with E-state index in [-0.39, 0.29) is 12.2 Å². The molecule has 1 aliphatic rings. The van der Waals surface area contributed by atoms with Gasteiger partial charge in [-0.05, 0) is 25.0 Å². The number of rotatable bonds is 4. The van der Waals surface area contributed by atoms with E-state index in [0.29, 0.717) is 6.04 Å². The molecule has 0 saturated heterocycles. The minimum absolute atomic E-state index is 0.0631. The van der Waals surface area contributed by atoms with Gasteiger partial charge in [-0.2, -0.15) is 0 Å². The van der Waals surface area contributed by atoms with E-state index in [1.54, 1.807) is 0 Å². The van der Waals surface area contributed by atoms with Crippen molar-refractivity contribution in [2.75, 3.05) is 6.61 Å². The van der Waals surface area contributed by atoms with E-state index in [4.69, 9.17) is 5.11 Å². The monoisotopic (exact) mass is 213 g/mol. The first kappa shape index (κ1) is 10.5. The Kier molecular flexibility index (Phi) is 2.98. The third-order valence-electron chi connectivity index (χ3n) is 2.54. The summed E-state index contributed by atoms with van der Waals surface area (Å²) in [7, 11) is 0. The Labute approximate surface area is 86.9 Å². The lowest BCUT2D eigenvalue weighted by atomic mass is 10.1. The summed E-state index contributed by atoms with van der Waals surface area (Å²) in [6, 6.07) is 3.38. The minimum Gasteiger partial charge on any atom is -0.394 e. The standard InChI is InChI=1S/C11H13F2NO/c12-8-2-1-3-9(13)11(8)10(6-15)14-7-4-5-7/h1-3,7,10,14-15H,4-6H2. The molecule has 4 heteroatoms. The van der Waals surface area contributed by atoms with Gasteiger partial charge in [0.1, 0.15) is 11.6 Å². The van der Waals surface area contributed by atoms with Gasteiger partial charge in [0.05, 0.1) is 12.6 Å². The van der Waals surface area contributed by atoms with Crippen LogP contribution in [0.5, 0.6) is 0 Å². The van der Waals surface area contributed by atoms with Gasteiger partial charge in [0.2, 0.25) is 0 Å². The van der Waals surface area contributed by atoms with Crippen LogP contribution in [0.4, 0.5) is 8.78 Å². The highest BCUT2D eigenvalue weighted by molar-refractivity contribution is 5.23. The largest absolute Gasteiger partial charge is 0.394 e. The second-order valence-electron chi connectivity index (χ2n) is 3.81. The van der Waals surface area contributed by atoms with Crippen molar-refractivity contribution in [3.05, 3.63) is 35.4 Å². The summed E-state index contributed by atoms with van der Waals surface area (Å²) < 4.78 is 26.7. The SMILES string of the molecule is OCC(NC1CC1)c1c(F)cccc1F. The molecule has 1 fully saturated rings. The highest BCUT2D eigenvalue weighted by atomic mass is 19.1. The molecule has 1 unspecified atom stereocenters. The third kappa shape index (κ3) is 2.33. The second-order valence-corrected chi connectivity index (χ2v) is 3.81. The summed E-state index contributed by atoms with van der Waals surface area (Å²) in [5.41, 5.74) is -0.0631. The highest BCUT2D eigenvalue weighted by Crippen LogP contribution is 2.26. The number of aliphatic hydroxyl groups excluding tert-OH is 1. The number of nitrogens with one attached hydrogen (secondary N) is 1. The quantitative estimate of drug-likeness (QED) is 0.798. The molecule has 0 amide bonds. The fourth-order valence-corrected chi connectivity index (χ4v) is 1.61. The van der Waals surface area contributed by atoms with E-state index >= 15 is 0 Å². The van der Waals surface area contributed by atoms with Crippen molar-refractivity contribution in [3.63, 3.8) is 0 Å². The van der Waals surface area contributed by atoms with Crippen LogP contribution in [-0.2, 0) is 0 Å². The van der Waals surface area contributed by atoms with Crippen LogP contribution in [0.2, 0.25) is 0 Å². The van der Waals surface area contributed by atoms with Crippen LogP contribution < -0.4 is 5.32 Å². The van der Waals surface area contributed by atoms with Crippen LogP contribution in [0.1, 0.15) is 24.4 Å². The molecule has 2 rings (SSSR count). The lowest BCUT2D eigenvalue weighted by molar-refractivity contribution is 0.237. The van der Waals surface area contributed by atoms with E-state index in [1.807, 2.05) is 0 Å². The zero-order valence-electron chi connectivity index (χ0n) is 8.21. The van der Waals surface area contributed by atoms with Gasteiger partial charge >= 0.3 is 0 Å². The van der Waals surface area contributed by atoms with Crippen LogP contribution in [0.25, 0.3) is 0 Å². The average Bonchev–Trinajstić information content (AvgIpc) is 2.99. The maximum Gasteiger partial charge on any atom is 0.131 e. The fraction of sp³-hybridized carbons (Fsp3) is 0.455. The Morgan fingerprint density at radius 1 is 1.33 bits per heavy atom. The molecular weight excluding hydrogens is 200 g/mol. The fourth-order valence-electron chi connectivity index (χ4n) is 1.61. The van der Waals surface area contributed by atoms with Crippen molar-refractivity contribution in [1.82, 2.24) is 5.32 Å². The number of hydrogen-bond donors (Lipinski definition) is 2. The summed E-state index contributed by atoms with van der Waals surface area (Å²) in [6.07, 6.45) is 2.01. The molecule has 1 aromatic rings. The zero-order valence-corrected chi connectivity index (χ0v) is 8.21. The van der Waals surface area contributed by atoms with Crippen molar-refractivity contribution < 1.29 is 13.9 Å². The molecule has 0 aliphatic heterocycles. The van der Waals surface area contributed by atoms with Gasteiger partial charge in [0, 0.05) is 11.6 Å². The van der Waals surface area contributed by atoms with Gasteiger partial charge in [-0.3, -0.25) is 0 Å². The Morgan fingerprint density at radius 2 is 1.93 bits per heavy atom. The number of hydrogen-bond acceptors (Lipinski definition) is 2. The van der Waals surface area contributed by atoms with Crippen molar-refractivity contribution >= 4 is 0 Å². The van der Waals surface area contributed by atoms with Crippen molar-refractivity contribution in [1.29, 1.82) is 0 Å². The molecule has 0 aromatic heterocycles. The van der Waals surface area contributed by atoms with E-state index < -0.39 is 17.7 Å². The first-order valence-corrected chi connectivity index (χ1v) is 5.03. The van der Waals surface area contributed by atoms with Gasteiger partial charge in [0.25, 0.3) is 0 Å². The Balaban J connectivity index is 2.23. The molecule has 0 radical (unpaired) electrons. The van der Waals surface area contributed by atoms with Crippen molar-refractivity contribution in [2.24, 2.45) is 0 Å². The maximum absolute atomic E-state index is 13.4. The molecule has 0 heterocycles. The normalized spacial score (nSPS) is 17.8. The molecule has 15 heavy (non-hydrogen) atoms.